The first kappa shape index (κ1) is 26.6. The van der Waals surface area contributed by atoms with Gasteiger partial charge in [-0.05, 0) is 70.9 Å². The van der Waals surface area contributed by atoms with E-state index in [-0.39, 0.29) is 42.9 Å². The topological polar surface area (TPSA) is 79.0 Å². The number of sulfonamides is 1. The van der Waals surface area contributed by atoms with Crippen molar-refractivity contribution < 1.29 is 22.3 Å². The molecule has 0 saturated carbocycles. The number of piperazine rings is 1. The van der Waals surface area contributed by atoms with Crippen LogP contribution < -0.4 is 10.1 Å². The van der Waals surface area contributed by atoms with E-state index < -0.39 is 21.9 Å². The lowest BCUT2D eigenvalue weighted by molar-refractivity contribution is 0.169. The van der Waals surface area contributed by atoms with Crippen molar-refractivity contribution in [1.29, 1.82) is 0 Å². The fraction of sp³-hybridized carbons (Fsp3) is 0.240. The van der Waals surface area contributed by atoms with Crippen LogP contribution >= 0.6 is 31.9 Å². The van der Waals surface area contributed by atoms with Gasteiger partial charge in [0.2, 0.25) is 10.0 Å². The number of benzene rings is 3. The van der Waals surface area contributed by atoms with Crippen LogP contribution in [0.25, 0.3) is 0 Å². The molecule has 1 unspecified atom stereocenters. The molecule has 36 heavy (non-hydrogen) atoms. The van der Waals surface area contributed by atoms with Crippen LogP contribution in [-0.4, -0.2) is 49.8 Å². The van der Waals surface area contributed by atoms with E-state index in [1.165, 1.54) is 16.4 Å². The molecule has 1 N–H and O–H groups in total. The number of para-hydroxylation sites is 1. The van der Waals surface area contributed by atoms with E-state index in [4.69, 9.17) is 4.74 Å². The maximum atomic E-state index is 14.6. The van der Waals surface area contributed by atoms with E-state index in [9.17, 15) is 17.6 Å². The Morgan fingerprint density at radius 3 is 2.36 bits per heavy atom. The van der Waals surface area contributed by atoms with Gasteiger partial charge < -0.3 is 15.0 Å². The van der Waals surface area contributed by atoms with Crippen LogP contribution in [0.2, 0.25) is 0 Å². The minimum absolute atomic E-state index is 0.0953. The summed E-state index contributed by atoms with van der Waals surface area (Å²) in [6.45, 7) is 2.58. The smallest absolute Gasteiger partial charge is 0.317 e. The number of carbonyl (C=O) groups is 1. The quantitative estimate of drug-likeness (QED) is 0.363. The second-order valence-electron chi connectivity index (χ2n) is 8.24. The maximum Gasteiger partial charge on any atom is 0.317 e. The van der Waals surface area contributed by atoms with Gasteiger partial charge in [0.05, 0.1) is 10.9 Å². The third kappa shape index (κ3) is 6.08. The SMILES string of the molecule is CC(NC(=O)N1CCN(S(=O)(=O)c2cc(Br)ccc2Br)CC1)c1ccc(Oc2ccccc2)c(F)c1. The Balaban J connectivity index is 1.35. The van der Waals surface area contributed by atoms with Crippen LogP contribution in [0.1, 0.15) is 18.5 Å². The molecule has 1 fully saturated rings. The number of carbonyl (C=O) groups excluding carboxylic acids is 1. The molecule has 11 heteroatoms. The van der Waals surface area contributed by atoms with E-state index in [0.29, 0.717) is 20.3 Å². The molecule has 0 bridgehead atoms. The van der Waals surface area contributed by atoms with Gasteiger partial charge >= 0.3 is 6.03 Å². The van der Waals surface area contributed by atoms with Gasteiger partial charge in [-0.15, -0.1) is 0 Å². The highest BCUT2D eigenvalue weighted by Gasteiger charge is 2.32. The number of urea groups is 1. The molecule has 3 aromatic carbocycles. The Bertz CT molecular complexity index is 1350. The normalized spacial score (nSPS) is 15.4. The van der Waals surface area contributed by atoms with E-state index in [1.807, 2.05) is 6.07 Å². The molecule has 0 aliphatic carbocycles. The van der Waals surface area contributed by atoms with Gasteiger partial charge in [0.15, 0.2) is 11.6 Å². The van der Waals surface area contributed by atoms with Crippen molar-refractivity contribution >= 4 is 47.9 Å². The summed E-state index contributed by atoms with van der Waals surface area (Å²) in [4.78, 5) is 14.5. The van der Waals surface area contributed by atoms with Crippen LogP contribution in [0.15, 0.2) is 80.6 Å². The molecule has 1 atom stereocenters. The predicted molar refractivity (Wildman–Crippen MR) is 142 cm³/mol. The molecular formula is C25H24Br2FN3O4S. The lowest BCUT2D eigenvalue weighted by atomic mass is 10.1. The van der Waals surface area contributed by atoms with Gasteiger partial charge in [-0.3, -0.25) is 0 Å². The Labute approximate surface area is 226 Å². The van der Waals surface area contributed by atoms with Crippen LogP contribution in [-0.2, 0) is 10.0 Å². The molecule has 1 aliphatic rings. The number of hydrogen-bond donors (Lipinski definition) is 1. The zero-order valence-corrected chi connectivity index (χ0v) is 23.3. The van der Waals surface area contributed by atoms with Crippen LogP contribution in [0.5, 0.6) is 11.5 Å². The van der Waals surface area contributed by atoms with Crippen molar-refractivity contribution in [3.63, 3.8) is 0 Å². The number of rotatable bonds is 6. The van der Waals surface area contributed by atoms with E-state index in [0.717, 1.165) is 0 Å². The van der Waals surface area contributed by atoms with Gasteiger partial charge in [-0.1, -0.05) is 40.2 Å². The highest BCUT2D eigenvalue weighted by atomic mass is 79.9. The van der Waals surface area contributed by atoms with E-state index in [2.05, 4.69) is 37.2 Å². The molecule has 1 aliphatic heterocycles. The standard InChI is InChI=1S/C25H24Br2FN3O4S/c1-17(18-7-10-23(22(28)15-18)35-20-5-3-2-4-6-20)29-25(32)30-11-13-31(14-12-30)36(33,34)24-16-19(26)8-9-21(24)27/h2-10,15-17H,11-14H2,1H3,(H,29,32). The summed E-state index contributed by atoms with van der Waals surface area (Å²) in [7, 11) is -3.72. The zero-order valence-electron chi connectivity index (χ0n) is 19.3. The largest absolute Gasteiger partial charge is 0.454 e. The Kier molecular flexibility index (Phi) is 8.34. The van der Waals surface area contributed by atoms with Crippen LogP contribution in [0, 0.1) is 5.82 Å². The van der Waals surface area contributed by atoms with Crippen molar-refractivity contribution in [3.05, 3.63) is 87.1 Å². The lowest BCUT2D eigenvalue weighted by Gasteiger charge is -2.34. The third-order valence-corrected chi connectivity index (χ3v) is 9.19. The fourth-order valence-corrected chi connectivity index (χ4v) is 6.68. The fourth-order valence-electron chi connectivity index (χ4n) is 3.79. The second kappa shape index (κ2) is 11.3. The first-order valence-electron chi connectivity index (χ1n) is 11.2. The van der Waals surface area contributed by atoms with Crippen molar-refractivity contribution in [3.8, 4) is 11.5 Å². The number of ether oxygens (including phenoxy) is 1. The van der Waals surface area contributed by atoms with Gasteiger partial charge in [0.25, 0.3) is 0 Å². The zero-order chi connectivity index (χ0) is 25.9. The lowest BCUT2D eigenvalue weighted by Crippen LogP contribution is -2.53. The summed E-state index contributed by atoms with van der Waals surface area (Å²) in [5.74, 6) is 0.0896. The molecule has 1 heterocycles. The minimum Gasteiger partial charge on any atom is -0.454 e. The number of amides is 2. The van der Waals surface area contributed by atoms with Crippen molar-refractivity contribution in [1.82, 2.24) is 14.5 Å². The minimum atomic E-state index is -3.72. The Hall–Kier alpha value is -2.47. The third-order valence-electron chi connectivity index (χ3n) is 5.80. The molecule has 0 spiro atoms. The maximum absolute atomic E-state index is 14.6. The molecule has 0 aromatic heterocycles. The molecule has 0 radical (unpaired) electrons. The van der Waals surface area contributed by atoms with Crippen molar-refractivity contribution in [2.45, 2.75) is 17.9 Å². The first-order chi connectivity index (χ1) is 17.1. The number of nitrogens with zero attached hydrogens (tertiary/aromatic N) is 2. The summed E-state index contributed by atoms with van der Waals surface area (Å²) in [6.07, 6.45) is 0. The van der Waals surface area contributed by atoms with Crippen molar-refractivity contribution in [2.24, 2.45) is 0 Å². The average molecular weight is 641 g/mol. The molecule has 4 rings (SSSR count). The summed E-state index contributed by atoms with van der Waals surface area (Å²) < 4.78 is 48.9. The number of hydrogen-bond acceptors (Lipinski definition) is 4. The monoisotopic (exact) mass is 639 g/mol. The predicted octanol–water partition coefficient (Wildman–Crippen LogP) is 5.92. The summed E-state index contributed by atoms with van der Waals surface area (Å²) in [6, 6.07) is 17.7. The molecule has 1 saturated heterocycles. The summed E-state index contributed by atoms with van der Waals surface area (Å²) >= 11 is 6.62. The first-order valence-corrected chi connectivity index (χ1v) is 14.2. The Morgan fingerprint density at radius 1 is 1.00 bits per heavy atom. The highest BCUT2D eigenvalue weighted by molar-refractivity contribution is 9.11. The van der Waals surface area contributed by atoms with Gasteiger partial charge in [0.1, 0.15) is 5.75 Å². The van der Waals surface area contributed by atoms with Crippen molar-refractivity contribution in [2.75, 3.05) is 26.2 Å². The molecular weight excluding hydrogens is 617 g/mol. The number of nitrogens with one attached hydrogen (secondary N) is 1. The van der Waals surface area contributed by atoms with Gasteiger partial charge in [-0.25, -0.2) is 17.6 Å². The highest BCUT2D eigenvalue weighted by Crippen LogP contribution is 2.29. The van der Waals surface area contributed by atoms with Crippen LogP contribution in [0.3, 0.4) is 0 Å². The van der Waals surface area contributed by atoms with Gasteiger partial charge in [0, 0.05) is 35.1 Å². The average Bonchev–Trinajstić information content (AvgIpc) is 2.87. The van der Waals surface area contributed by atoms with Crippen LogP contribution in [0.4, 0.5) is 9.18 Å². The molecule has 2 amide bonds. The van der Waals surface area contributed by atoms with Gasteiger partial charge in [-0.2, -0.15) is 4.31 Å². The summed E-state index contributed by atoms with van der Waals surface area (Å²) in [5.41, 5.74) is 0.585. The molecule has 190 valence electrons. The van der Waals surface area contributed by atoms with E-state index in [1.54, 1.807) is 60.4 Å². The number of halogens is 3. The molecule has 7 nitrogen and oxygen atoms in total. The summed E-state index contributed by atoms with van der Waals surface area (Å²) in [5, 5.41) is 2.86. The second-order valence-corrected chi connectivity index (χ2v) is 11.9. The molecule has 3 aromatic rings. The Morgan fingerprint density at radius 2 is 1.69 bits per heavy atom. The van der Waals surface area contributed by atoms with E-state index >= 15 is 0 Å².